The number of halogens is 1. The van der Waals surface area contributed by atoms with E-state index in [1.54, 1.807) is 10.9 Å². The predicted octanol–water partition coefficient (Wildman–Crippen LogP) is 1.85. The van der Waals surface area contributed by atoms with Crippen LogP contribution in [0.5, 0.6) is 0 Å². The van der Waals surface area contributed by atoms with Crippen LogP contribution in [0.1, 0.15) is 6.92 Å². The van der Waals surface area contributed by atoms with Crippen molar-refractivity contribution < 1.29 is 4.74 Å². The van der Waals surface area contributed by atoms with Crippen LogP contribution >= 0.6 is 11.6 Å². The standard InChI is InChI=1S/C12H15ClN4O/c1-8-7-18-4-3-17(8)11-5-9(13)12-10(15-11)6-14-16(12)2/h5-6,8H,3-4,7H2,1-2H3. The van der Waals surface area contributed by atoms with Gasteiger partial charge in [-0.1, -0.05) is 11.6 Å². The fourth-order valence-electron chi connectivity index (χ4n) is 2.34. The molecule has 2 aromatic heterocycles. The highest BCUT2D eigenvalue weighted by Crippen LogP contribution is 2.27. The van der Waals surface area contributed by atoms with Gasteiger partial charge < -0.3 is 9.64 Å². The summed E-state index contributed by atoms with van der Waals surface area (Å²) >= 11 is 6.32. The van der Waals surface area contributed by atoms with Crippen molar-refractivity contribution >= 4 is 28.5 Å². The number of aryl methyl sites for hydroxylation is 1. The van der Waals surface area contributed by atoms with Crippen molar-refractivity contribution in [3.63, 3.8) is 0 Å². The number of ether oxygens (including phenoxy) is 1. The number of anilines is 1. The Hall–Kier alpha value is -1.33. The van der Waals surface area contributed by atoms with E-state index in [1.807, 2.05) is 13.1 Å². The van der Waals surface area contributed by atoms with Crippen molar-refractivity contribution in [2.75, 3.05) is 24.7 Å². The molecule has 5 nitrogen and oxygen atoms in total. The summed E-state index contributed by atoms with van der Waals surface area (Å²) in [4.78, 5) is 6.86. The Kier molecular flexibility index (Phi) is 2.87. The Labute approximate surface area is 110 Å². The normalized spacial score (nSPS) is 20.6. The molecule has 3 heterocycles. The molecule has 1 unspecified atom stereocenters. The summed E-state index contributed by atoms with van der Waals surface area (Å²) in [5, 5.41) is 4.88. The number of fused-ring (bicyclic) bond motifs is 1. The van der Waals surface area contributed by atoms with Crippen LogP contribution in [0.2, 0.25) is 5.02 Å². The predicted molar refractivity (Wildman–Crippen MR) is 71.1 cm³/mol. The highest BCUT2D eigenvalue weighted by Gasteiger charge is 2.21. The third kappa shape index (κ3) is 1.83. The number of hydrogen-bond donors (Lipinski definition) is 0. The van der Waals surface area contributed by atoms with Gasteiger partial charge >= 0.3 is 0 Å². The third-order valence-corrected chi connectivity index (χ3v) is 3.59. The monoisotopic (exact) mass is 266 g/mol. The van der Waals surface area contributed by atoms with Crippen LogP contribution in [0.4, 0.5) is 5.82 Å². The van der Waals surface area contributed by atoms with Gasteiger partial charge in [-0.3, -0.25) is 4.68 Å². The lowest BCUT2D eigenvalue weighted by molar-refractivity contribution is 0.0986. The van der Waals surface area contributed by atoms with Gasteiger partial charge in [-0.25, -0.2) is 4.98 Å². The maximum absolute atomic E-state index is 6.32. The van der Waals surface area contributed by atoms with Crippen LogP contribution in [0, 0.1) is 0 Å². The molecule has 1 fully saturated rings. The molecule has 0 saturated carbocycles. The number of nitrogens with zero attached hydrogens (tertiary/aromatic N) is 4. The minimum absolute atomic E-state index is 0.316. The molecule has 0 N–H and O–H groups in total. The second kappa shape index (κ2) is 4.40. The highest BCUT2D eigenvalue weighted by molar-refractivity contribution is 6.35. The Morgan fingerprint density at radius 1 is 1.50 bits per heavy atom. The van der Waals surface area contributed by atoms with Crippen molar-refractivity contribution in [3.8, 4) is 0 Å². The lowest BCUT2D eigenvalue weighted by Gasteiger charge is -2.34. The Morgan fingerprint density at radius 2 is 2.33 bits per heavy atom. The first kappa shape index (κ1) is 11.7. The first-order valence-corrected chi connectivity index (χ1v) is 6.37. The molecule has 18 heavy (non-hydrogen) atoms. The van der Waals surface area contributed by atoms with E-state index in [2.05, 4.69) is 21.9 Å². The van der Waals surface area contributed by atoms with Gasteiger partial charge in [0.2, 0.25) is 0 Å². The molecule has 6 heteroatoms. The zero-order valence-electron chi connectivity index (χ0n) is 10.4. The second-order valence-electron chi connectivity index (χ2n) is 4.58. The van der Waals surface area contributed by atoms with E-state index in [1.165, 1.54) is 0 Å². The van der Waals surface area contributed by atoms with Gasteiger partial charge in [0.1, 0.15) is 16.9 Å². The van der Waals surface area contributed by atoms with E-state index in [0.29, 0.717) is 11.1 Å². The molecule has 1 aliphatic rings. The minimum Gasteiger partial charge on any atom is -0.377 e. The van der Waals surface area contributed by atoms with Gasteiger partial charge in [0, 0.05) is 19.7 Å². The zero-order chi connectivity index (χ0) is 12.7. The smallest absolute Gasteiger partial charge is 0.131 e. The SMILES string of the molecule is CC1COCCN1c1cc(Cl)c2c(cnn2C)n1. The van der Waals surface area contributed by atoms with Crippen LogP contribution in [0.3, 0.4) is 0 Å². The van der Waals surface area contributed by atoms with Gasteiger partial charge in [-0.05, 0) is 6.92 Å². The van der Waals surface area contributed by atoms with Crippen molar-refractivity contribution in [2.45, 2.75) is 13.0 Å². The summed E-state index contributed by atoms with van der Waals surface area (Å²) in [5.41, 5.74) is 1.71. The molecule has 2 aromatic rings. The van der Waals surface area contributed by atoms with E-state index in [9.17, 15) is 0 Å². The van der Waals surface area contributed by atoms with E-state index >= 15 is 0 Å². The largest absolute Gasteiger partial charge is 0.377 e. The number of morpholine rings is 1. The summed E-state index contributed by atoms with van der Waals surface area (Å²) in [6, 6.07) is 2.23. The molecule has 1 aliphatic heterocycles. The first-order valence-electron chi connectivity index (χ1n) is 5.99. The van der Waals surface area contributed by atoms with Crippen molar-refractivity contribution in [3.05, 3.63) is 17.3 Å². The van der Waals surface area contributed by atoms with Gasteiger partial charge in [-0.15, -0.1) is 0 Å². The summed E-state index contributed by atoms with van der Waals surface area (Å²) in [5.74, 6) is 0.899. The second-order valence-corrected chi connectivity index (χ2v) is 4.99. The Bertz CT molecular complexity index is 583. The number of pyridine rings is 1. The maximum atomic E-state index is 6.32. The van der Waals surface area contributed by atoms with Crippen LogP contribution in [0.15, 0.2) is 12.3 Å². The Morgan fingerprint density at radius 3 is 3.11 bits per heavy atom. The number of rotatable bonds is 1. The molecule has 0 bridgehead atoms. The molecular weight excluding hydrogens is 252 g/mol. The van der Waals surface area contributed by atoms with E-state index in [0.717, 1.165) is 36.6 Å². The molecule has 3 rings (SSSR count). The summed E-state index contributed by atoms with van der Waals surface area (Å²) in [6.45, 7) is 4.43. The molecule has 1 atom stereocenters. The summed E-state index contributed by atoms with van der Waals surface area (Å²) in [6.07, 6.45) is 1.75. The van der Waals surface area contributed by atoms with Gasteiger partial charge in [0.25, 0.3) is 0 Å². The highest BCUT2D eigenvalue weighted by atomic mass is 35.5. The molecule has 0 spiro atoms. The molecule has 0 amide bonds. The van der Waals surface area contributed by atoms with Crippen molar-refractivity contribution in [1.82, 2.24) is 14.8 Å². The van der Waals surface area contributed by atoms with Crippen LogP contribution in [-0.2, 0) is 11.8 Å². The zero-order valence-corrected chi connectivity index (χ0v) is 11.2. The topological polar surface area (TPSA) is 43.2 Å². The molecule has 0 radical (unpaired) electrons. The molecule has 0 aliphatic carbocycles. The number of aromatic nitrogens is 3. The lowest BCUT2D eigenvalue weighted by Crippen LogP contribution is -2.44. The molecular formula is C12H15ClN4O. The summed E-state index contributed by atoms with van der Waals surface area (Å²) < 4.78 is 7.18. The van der Waals surface area contributed by atoms with Gasteiger partial charge in [0.05, 0.1) is 30.5 Å². The van der Waals surface area contributed by atoms with Crippen LogP contribution in [-0.4, -0.2) is 40.6 Å². The Balaban J connectivity index is 2.07. The van der Waals surface area contributed by atoms with E-state index in [-0.39, 0.29) is 0 Å². The minimum atomic E-state index is 0.316. The molecule has 1 saturated heterocycles. The number of hydrogen-bond acceptors (Lipinski definition) is 4. The maximum Gasteiger partial charge on any atom is 0.131 e. The van der Waals surface area contributed by atoms with Crippen molar-refractivity contribution in [1.29, 1.82) is 0 Å². The summed E-state index contributed by atoms with van der Waals surface area (Å²) in [7, 11) is 1.87. The fourth-order valence-corrected chi connectivity index (χ4v) is 2.65. The van der Waals surface area contributed by atoms with Crippen molar-refractivity contribution in [2.24, 2.45) is 7.05 Å². The van der Waals surface area contributed by atoms with Gasteiger partial charge in [-0.2, -0.15) is 5.10 Å². The van der Waals surface area contributed by atoms with Crippen LogP contribution in [0.25, 0.3) is 11.0 Å². The fraction of sp³-hybridized carbons (Fsp3) is 0.500. The first-order chi connectivity index (χ1) is 8.66. The van der Waals surface area contributed by atoms with E-state index in [4.69, 9.17) is 16.3 Å². The lowest BCUT2D eigenvalue weighted by atomic mass is 10.2. The molecule has 0 aromatic carbocycles. The molecule has 96 valence electrons. The average Bonchev–Trinajstić information content (AvgIpc) is 2.72. The van der Waals surface area contributed by atoms with Gasteiger partial charge in [0.15, 0.2) is 0 Å². The quantitative estimate of drug-likeness (QED) is 0.790. The van der Waals surface area contributed by atoms with Crippen LogP contribution < -0.4 is 4.90 Å². The average molecular weight is 267 g/mol. The third-order valence-electron chi connectivity index (χ3n) is 3.30. The van der Waals surface area contributed by atoms with E-state index < -0.39 is 0 Å².